The normalized spacial score (nSPS) is 8.36. The maximum absolute atomic E-state index is 9.58. The second kappa shape index (κ2) is 4.61. The Hall–Kier alpha value is -0.224. The molecule has 0 fully saturated rings. The van der Waals surface area contributed by atoms with E-state index in [4.69, 9.17) is 11.6 Å². The third-order valence-electron chi connectivity index (χ3n) is 0.841. The molecule has 1 heterocycles. The number of nitrogens with two attached hydrogens (primary N) is 1. The van der Waals surface area contributed by atoms with Crippen LogP contribution in [0.1, 0.15) is 0 Å². The molecule has 0 amide bonds. The fourth-order valence-electron chi connectivity index (χ4n) is 0.408. The van der Waals surface area contributed by atoms with Gasteiger partial charge in [0.2, 0.25) is 0 Å². The van der Waals surface area contributed by atoms with E-state index in [9.17, 15) is 4.91 Å². The molecular weight excluding hydrogens is 177 g/mol. The second-order valence-electron chi connectivity index (χ2n) is 1.42. The van der Waals surface area contributed by atoms with Crippen LogP contribution in [0.15, 0.2) is 5.29 Å². The van der Waals surface area contributed by atoms with Crippen molar-refractivity contribution in [2.24, 2.45) is 5.29 Å². The zero-order valence-electron chi connectivity index (χ0n) is 5.77. The van der Waals surface area contributed by atoms with Crippen LogP contribution in [0.3, 0.4) is 0 Å². The molecule has 0 saturated heterocycles. The van der Waals surface area contributed by atoms with E-state index in [1.54, 1.807) is 0 Å². The first-order chi connectivity index (χ1) is 4.75. The Morgan fingerprint density at radius 1 is 1.64 bits per heavy atom. The van der Waals surface area contributed by atoms with E-state index >= 15 is 0 Å². The molecule has 0 bridgehead atoms. The molecule has 0 aliphatic rings. The van der Waals surface area contributed by atoms with Gasteiger partial charge in [0, 0.05) is 0 Å². The van der Waals surface area contributed by atoms with Crippen molar-refractivity contribution in [1.29, 1.82) is 0 Å². The topological polar surface area (TPSA) is 122 Å². The average molecular weight is 181 g/mol. The largest absolute Gasteiger partial charge is 1.00 e. The summed E-state index contributed by atoms with van der Waals surface area (Å²) < 4.78 is 0.793. The molecule has 0 aliphatic heterocycles. The molecule has 11 heavy (non-hydrogen) atoms. The summed E-state index contributed by atoms with van der Waals surface area (Å²) in [7, 11) is 0. The van der Waals surface area contributed by atoms with Gasteiger partial charge < -0.3 is 11.6 Å². The van der Waals surface area contributed by atoms with E-state index in [-0.39, 0.29) is 63.3 Å². The Bertz CT molecular complexity index is 245. The van der Waals surface area contributed by atoms with Crippen LogP contribution < -0.4 is 62.7 Å². The number of nitroso groups, excluding NO2 is 1. The number of hydrogen-bond acceptors (Lipinski definition) is 5. The Morgan fingerprint density at radius 2 is 2.27 bits per heavy atom. The van der Waals surface area contributed by atoms with Crippen molar-refractivity contribution in [3.8, 4) is 0 Å². The second-order valence-corrected chi connectivity index (χ2v) is 1.42. The fraction of sp³-hybridized carbons (Fsp3) is 0. The summed E-state index contributed by atoms with van der Waals surface area (Å²) in [4.78, 5) is 9.58. The van der Waals surface area contributed by atoms with Crippen molar-refractivity contribution in [1.82, 2.24) is 14.9 Å². The number of nitrogens with zero attached hydrogens (tertiary/aromatic N) is 4. The minimum absolute atomic E-state index is 0. The average Bonchev–Trinajstić information content (AvgIpc) is 2.20. The Labute approximate surface area is 104 Å². The molecule has 1 rings (SSSR count). The van der Waals surface area contributed by atoms with Crippen molar-refractivity contribution in [3.63, 3.8) is 0 Å². The zero-order chi connectivity index (χ0) is 7.56. The molecule has 4 N–H and O–H groups in total. The van der Waals surface area contributed by atoms with E-state index < -0.39 is 0 Å². The molecule has 0 atom stereocenters. The van der Waals surface area contributed by atoms with Crippen LogP contribution in [-0.2, 0) is 0 Å². The Morgan fingerprint density at radius 3 is 2.64 bits per heavy atom. The van der Waals surface area contributed by atoms with Crippen molar-refractivity contribution in [3.05, 3.63) is 10.6 Å². The summed E-state index contributed by atoms with van der Waals surface area (Å²) in [6.45, 7) is 0. The summed E-state index contributed by atoms with van der Waals surface area (Å²) in [5.74, 6) is 4.83. The first kappa shape index (κ1) is 10.8. The smallest absolute Gasteiger partial charge is 0.408 e. The molecular formula is C2H4KN7O. The van der Waals surface area contributed by atoms with Gasteiger partial charge in [0.1, 0.15) is 0 Å². The summed E-state index contributed by atoms with van der Waals surface area (Å²) in [6, 6.07) is 0. The Balaban J connectivity index is 0.000001000. The van der Waals surface area contributed by atoms with E-state index in [0.29, 0.717) is 0 Å². The van der Waals surface area contributed by atoms with E-state index in [1.165, 1.54) is 0 Å². The van der Waals surface area contributed by atoms with Crippen LogP contribution in [0.25, 0.3) is 5.73 Å². The molecule has 0 aliphatic carbocycles. The molecule has 1 aromatic heterocycles. The number of nitrogens with one attached hydrogen (secondary N) is 2. The Kier molecular flexibility index (Phi) is 4.52. The van der Waals surface area contributed by atoms with Gasteiger partial charge in [-0.15, -0.1) is 4.91 Å². The van der Waals surface area contributed by atoms with E-state index in [0.717, 1.165) is 4.68 Å². The standard InChI is InChI=1S/C2H5N7O.K/c3-1-5-6-2(7-8-10)9(1)4;/h4H2,(H3,3,5,6,7,8,10);/q;+1/p-1. The SMILES string of the molecule is [K+].[NH-]c1nnc(NN=O)n1N. The van der Waals surface area contributed by atoms with Gasteiger partial charge >= 0.3 is 51.4 Å². The van der Waals surface area contributed by atoms with Gasteiger partial charge in [-0.1, -0.05) is 0 Å². The number of anilines is 1. The number of aromatic nitrogens is 3. The molecule has 54 valence electrons. The predicted molar refractivity (Wildman–Crippen MR) is 33.6 cm³/mol. The number of rotatable bonds is 2. The zero-order valence-corrected chi connectivity index (χ0v) is 8.90. The molecule has 0 saturated carbocycles. The molecule has 0 unspecified atom stereocenters. The quantitative estimate of drug-likeness (QED) is 0.215. The summed E-state index contributed by atoms with van der Waals surface area (Å²) in [6.07, 6.45) is 0. The van der Waals surface area contributed by atoms with Gasteiger partial charge in [-0.2, -0.15) is 5.10 Å². The van der Waals surface area contributed by atoms with E-state index in [2.05, 4.69) is 15.5 Å². The molecule has 0 radical (unpaired) electrons. The van der Waals surface area contributed by atoms with Crippen LogP contribution >= 0.6 is 0 Å². The molecule has 8 nitrogen and oxygen atoms in total. The van der Waals surface area contributed by atoms with Gasteiger partial charge in [0.05, 0.1) is 11.2 Å². The van der Waals surface area contributed by atoms with Crippen LogP contribution in [0.5, 0.6) is 0 Å². The van der Waals surface area contributed by atoms with Gasteiger partial charge in [0.15, 0.2) is 5.95 Å². The third-order valence-corrected chi connectivity index (χ3v) is 0.841. The van der Waals surface area contributed by atoms with Crippen molar-refractivity contribution in [2.45, 2.75) is 0 Å². The van der Waals surface area contributed by atoms with Crippen LogP contribution in [0.2, 0.25) is 0 Å². The molecule has 0 spiro atoms. The first-order valence-corrected chi connectivity index (χ1v) is 2.26. The minimum Gasteiger partial charge on any atom is -0.408 e. The summed E-state index contributed by atoms with van der Waals surface area (Å²) in [5.41, 5.74) is 8.81. The van der Waals surface area contributed by atoms with Crippen LogP contribution in [-0.4, -0.2) is 14.9 Å². The third kappa shape index (κ3) is 2.38. The maximum Gasteiger partial charge on any atom is 1.00 e. The van der Waals surface area contributed by atoms with E-state index in [1.807, 2.05) is 5.43 Å². The summed E-state index contributed by atoms with van der Waals surface area (Å²) >= 11 is 0. The predicted octanol–water partition coefficient (Wildman–Crippen LogP) is -3.23. The van der Waals surface area contributed by atoms with Gasteiger partial charge in [-0.25, -0.2) is 5.43 Å². The van der Waals surface area contributed by atoms with Crippen molar-refractivity contribution in [2.75, 3.05) is 11.3 Å². The van der Waals surface area contributed by atoms with Crippen molar-refractivity contribution < 1.29 is 51.4 Å². The maximum atomic E-state index is 9.58. The van der Waals surface area contributed by atoms with Crippen LogP contribution in [0.4, 0.5) is 11.9 Å². The van der Waals surface area contributed by atoms with Gasteiger partial charge in [-0.3, -0.25) is 9.77 Å². The van der Waals surface area contributed by atoms with Crippen LogP contribution in [0, 0.1) is 4.91 Å². The molecule has 9 heteroatoms. The minimum atomic E-state index is -0.244. The first-order valence-electron chi connectivity index (χ1n) is 2.26. The van der Waals surface area contributed by atoms with Gasteiger partial charge in [0.25, 0.3) is 0 Å². The number of nitrogen functional groups attached to an aromatic ring is 1. The monoisotopic (exact) mass is 181 g/mol. The van der Waals surface area contributed by atoms with Crippen molar-refractivity contribution >= 4 is 11.9 Å². The fourth-order valence-corrected chi connectivity index (χ4v) is 0.408. The number of hydrogen-bond donors (Lipinski definition) is 2. The summed E-state index contributed by atoms with van der Waals surface area (Å²) in [5, 5.41) is 8.82. The van der Waals surface area contributed by atoms with Gasteiger partial charge in [-0.05, 0) is 0 Å². The molecule has 1 aromatic rings. The molecule has 0 aromatic carbocycles.